The van der Waals surface area contributed by atoms with Crippen molar-refractivity contribution in [2.45, 2.75) is 26.0 Å². The van der Waals surface area contributed by atoms with Gasteiger partial charge >= 0.3 is 0 Å². The highest BCUT2D eigenvalue weighted by atomic mass is 16.5. The molecule has 2 aromatic rings. The minimum Gasteiger partial charge on any atom is -0.491 e. The van der Waals surface area contributed by atoms with Crippen molar-refractivity contribution in [2.24, 2.45) is 5.73 Å². The fourth-order valence-corrected chi connectivity index (χ4v) is 1.56. The van der Waals surface area contributed by atoms with Crippen LogP contribution in [0.3, 0.4) is 0 Å². The highest BCUT2D eigenvalue weighted by Gasteiger charge is 2.11. The lowest BCUT2D eigenvalue weighted by Gasteiger charge is -2.12. The zero-order valence-corrected chi connectivity index (χ0v) is 9.92. The number of nitrogens with zero attached hydrogens (tertiary/aromatic N) is 2. The first-order chi connectivity index (χ1) is 8.16. The molecule has 0 radical (unpaired) electrons. The molecule has 0 saturated carbocycles. The number of H-pyrrole nitrogens is 1. The van der Waals surface area contributed by atoms with E-state index in [1.807, 2.05) is 38.1 Å². The van der Waals surface area contributed by atoms with Gasteiger partial charge in [0.2, 0.25) is 0 Å². The van der Waals surface area contributed by atoms with Crippen LogP contribution >= 0.6 is 0 Å². The second kappa shape index (κ2) is 4.97. The number of hydrogen-bond acceptors (Lipinski definition) is 4. The van der Waals surface area contributed by atoms with Crippen molar-refractivity contribution in [1.82, 2.24) is 15.4 Å². The molecule has 2 rings (SSSR count). The summed E-state index contributed by atoms with van der Waals surface area (Å²) in [5.41, 5.74) is 7.75. The third kappa shape index (κ3) is 2.82. The molecule has 0 amide bonds. The molecule has 17 heavy (non-hydrogen) atoms. The van der Waals surface area contributed by atoms with E-state index < -0.39 is 0 Å². The number of ether oxygens (including phenoxy) is 1. The van der Waals surface area contributed by atoms with Crippen molar-refractivity contribution >= 4 is 0 Å². The summed E-state index contributed by atoms with van der Waals surface area (Å²) in [7, 11) is 0. The van der Waals surface area contributed by atoms with E-state index in [0.717, 1.165) is 17.0 Å². The van der Waals surface area contributed by atoms with Crippen molar-refractivity contribution in [3.05, 3.63) is 41.7 Å². The van der Waals surface area contributed by atoms with Crippen LogP contribution in [0.5, 0.6) is 5.75 Å². The number of nitrogens with one attached hydrogen (secondary N) is 1. The lowest BCUT2D eigenvalue weighted by molar-refractivity contribution is 0.242. The molecule has 5 heteroatoms. The summed E-state index contributed by atoms with van der Waals surface area (Å²) in [5, 5.41) is 10.3. The van der Waals surface area contributed by atoms with Crippen molar-refractivity contribution in [3.8, 4) is 5.75 Å². The molecule has 3 N–H and O–H groups in total. The molecule has 1 atom stereocenters. The van der Waals surface area contributed by atoms with Crippen LogP contribution in [0.25, 0.3) is 0 Å². The first kappa shape index (κ1) is 11.6. The Bertz CT molecular complexity index is 450. The normalized spacial score (nSPS) is 12.7. The first-order valence-corrected chi connectivity index (χ1v) is 5.54. The molecular weight excluding hydrogens is 216 g/mol. The lowest BCUT2D eigenvalue weighted by Crippen LogP contribution is -2.12. The van der Waals surface area contributed by atoms with Gasteiger partial charge in [-0.1, -0.05) is 12.1 Å². The average Bonchev–Trinajstić information content (AvgIpc) is 2.82. The smallest absolute Gasteiger partial charge is 0.119 e. The third-order valence-electron chi connectivity index (χ3n) is 2.36. The summed E-state index contributed by atoms with van der Waals surface area (Å²) in [6, 6.07) is 7.44. The van der Waals surface area contributed by atoms with Crippen molar-refractivity contribution in [1.29, 1.82) is 0 Å². The van der Waals surface area contributed by atoms with Crippen LogP contribution in [0.2, 0.25) is 0 Å². The van der Waals surface area contributed by atoms with Crippen molar-refractivity contribution in [2.75, 3.05) is 0 Å². The van der Waals surface area contributed by atoms with Crippen LogP contribution in [0, 0.1) is 0 Å². The summed E-state index contributed by atoms with van der Waals surface area (Å²) in [6.45, 7) is 3.99. The maximum Gasteiger partial charge on any atom is 0.119 e. The second-order valence-electron chi connectivity index (χ2n) is 4.11. The van der Waals surface area contributed by atoms with Crippen molar-refractivity contribution in [3.63, 3.8) is 0 Å². The molecule has 1 heterocycles. The highest BCUT2D eigenvalue weighted by molar-refractivity contribution is 5.32. The fraction of sp³-hybridized carbons (Fsp3) is 0.333. The zero-order chi connectivity index (χ0) is 12.3. The lowest BCUT2D eigenvalue weighted by atomic mass is 10.1. The molecule has 0 aliphatic rings. The Morgan fingerprint density at radius 2 is 1.94 bits per heavy atom. The van der Waals surface area contributed by atoms with E-state index in [2.05, 4.69) is 15.4 Å². The summed E-state index contributed by atoms with van der Waals surface area (Å²) in [4.78, 5) is 0. The molecule has 1 unspecified atom stereocenters. The topological polar surface area (TPSA) is 76.8 Å². The maximum absolute atomic E-state index is 6.05. The summed E-state index contributed by atoms with van der Waals surface area (Å²) in [6.07, 6.45) is 1.80. The molecule has 0 aliphatic heterocycles. The third-order valence-corrected chi connectivity index (χ3v) is 2.36. The number of nitrogens with two attached hydrogens (primary N) is 1. The number of aromatic amines is 1. The fourth-order valence-electron chi connectivity index (χ4n) is 1.56. The molecular formula is C12H16N4O. The monoisotopic (exact) mass is 232 g/mol. The number of hydrogen-bond donors (Lipinski definition) is 2. The van der Waals surface area contributed by atoms with Gasteiger partial charge < -0.3 is 10.5 Å². The molecule has 0 bridgehead atoms. The Labute approximate surface area is 100.0 Å². The first-order valence-electron chi connectivity index (χ1n) is 5.54. The van der Waals surface area contributed by atoms with Crippen LogP contribution in [0.15, 0.2) is 30.5 Å². The number of rotatable bonds is 4. The van der Waals surface area contributed by atoms with E-state index in [0.29, 0.717) is 0 Å². The van der Waals surface area contributed by atoms with Gasteiger partial charge in [-0.05, 0) is 31.5 Å². The second-order valence-corrected chi connectivity index (χ2v) is 4.11. The number of benzene rings is 1. The van der Waals surface area contributed by atoms with Gasteiger partial charge in [0.25, 0.3) is 0 Å². The van der Waals surface area contributed by atoms with E-state index >= 15 is 0 Å². The van der Waals surface area contributed by atoms with Gasteiger partial charge in [0, 0.05) is 0 Å². The molecule has 0 saturated heterocycles. The molecule has 0 aliphatic carbocycles. The maximum atomic E-state index is 6.05. The SMILES string of the molecule is CC(C)Oc1ccc(C(N)c2cn[nH]n2)cc1. The van der Waals surface area contributed by atoms with Gasteiger partial charge in [0.05, 0.1) is 18.3 Å². The average molecular weight is 232 g/mol. The molecule has 90 valence electrons. The molecule has 1 aromatic carbocycles. The molecule has 1 aromatic heterocycles. The number of aromatic nitrogens is 3. The Morgan fingerprint density at radius 3 is 2.47 bits per heavy atom. The molecule has 0 spiro atoms. The Balaban J connectivity index is 2.12. The van der Waals surface area contributed by atoms with Gasteiger partial charge in [-0.25, -0.2) is 0 Å². The predicted octanol–water partition coefficient (Wildman–Crippen LogP) is 1.64. The van der Waals surface area contributed by atoms with Crippen LogP contribution in [0.4, 0.5) is 0 Å². The highest BCUT2D eigenvalue weighted by Crippen LogP contribution is 2.20. The Kier molecular flexibility index (Phi) is 3.39. The Hall–Kier alpha value is -1.88. The van der Waals surface area contributed by atoms with E-state index in [9.17, 15) is 0 Å². The van der Waals surface area contributed by atoms with E-state index in [-0.39, 0.29) is 12.1 Å². The van der Waals surface area contributed by atoms with Crippen LogP contribution in [-0.2, 0) is 0 Å². The van der Waals surface area contributed by atoms with Gasteiger partial charge in [0.1, 0.15) is 11.4 Å². The van der Waals surface area contributed by atoms with E-state index in [1.165, 1.54) is 0 Å². The summed E-state index contributed by atoms with van der Waals surface area (Å²) >= 11 is 0. The van der Waals surface area contributed by atoms with Crippen molar-refractivity contribution < 1.29 is 4.74 Å². The van der Waals surface area contributed by atoms with Gasteiger partial charge in [0.15, 0.2) is 0 Å². The minimum absolute atomic E-state index is 0.171. The zero-order valence-electron chi connectivity index (χ0n) is 9.92. The van der Waals surface area contributed by atoms with Gasteiger partial charge in [-0.2, -0.15) is 15.4 Å². The quantitative estimate of drug-likeness (QED) is 0.840. The van der Waals surface area contributed by atoms with E-state index in [1.54, 1.807) is 6.20 Å². The van der Waals surface area contributed by atoms with E-state index in [4.69, 9.17) is 10.5 Å². The van der Waals surface area contributed by atoms with Crippen LogP contribution < -0.4 is 10.5 Å². The molecule has 5 nitrogen and oxygen atoms in total. The molecule has 0 fully saturated rings. The van der Waals surface area contributed by atoms with Crippen LogP contribution in [-0.4, -0.2) is 21.5 Å². The minimum atomic E-state index is -0.262. The largest absolute Gasteiger partial charge is 0.491 e. The van der Waals surface area contributed by atoms with Crippen LogP contribution in [0.1, 0.15) is 31.1 Å². The summed E-state index contributed by atoms with van der Waals surface area (Å²) < 4.78 is 5.56. The summed E-state index contributed by atoms with van der Waals surface area (Å²) in [5.74, 6) is 0.844. The standard InChI is InChI=1S/C12H16N4O/c1-8(2)17-10-5-3-9(4-6-10)12(13)11-7-14-16-15-11/h3-8,12H,13H2,1-2H3,(H,14,15,16). The van der Waals surface area contributed by atoms with Gasteiger partial charge in [-0.15, -0.1) is 0 Å². The van der Waals surface area contributed by atoms with Gasteiger partial charge in [-0.3, -0.25) is 0 Å². The Morgan fingerprint density at radius 1 is 1.24 bits per heavy atom. The predicted molar refractivity (Wildman–Crippen MR) is 64.6 cm³/mol.